The Morgan fingerprint density at radius 1 is 1.21 bits per heavy atom. The highest BCUT2D eigenvalue weighted by Gasteiger charge is 2.35. The number of aromatic nitrogens is 3. The van der Waals surface area contributed by atoms with Crippen molar-refractivity contribution in [2.45, 2.75) is 10.9 Å². The summed E-state index contributed by atoms with van der Waals surface area (Å²) in [6.07, 6.45) is 3.41. The van der Waals surface area contributed by atoms with Gasteiger partial charge in [0.05, 0.1) is 17.3 Å². The Labute approximate surface area is 201 Å². The van der Waals surface area contributed by atoms with Crippen molar-refractivity contribution in [3.63, 3.8) is 0 Å². The summed E-state index contributed by atoms with van der Waals surface area (Å²) in [5.41, 5.74) is 0.0523. The van der Waals surface area contributed by atoms with Gasteiger partial charge >= 0.3 is 0 Å². The SMILES string of the molecule is C=CC(=O)N1CC(N2CCN(C(=O)CNc3cc(S(=O)(=O)n4cncn4)c(Cl)cc3O)CC2)C1. The molecule has 0 aliphatic carbocycles. The monoisotopic (exact) mass is 509 g/mol. The predicted molar refractivity (Wildman–Crippen MR) is 123 cm³/mol. The van der Waals surface area contributed by atoms with Crippen LogP contribution in [0.5, 0.6) is 5.75 Å². The van der Waals surface area contributed by atoms with Crippen molar-refractivity contribution in [3.05, 3.63) is 42.5 Å². The quantitative estimate of drug-likeness (QED) is 0.384. The first-order valence-corrected chi connectivity index (χ1v) is 12.3. The molecule has 2 amide bonds. The van der Waals surface area contributed by atoms with Crippen LogP contribution in [0.25, 0.3) is 0 Å². The second-order valence-corrected chi connectivity index (χ2v) is 10.1. The van der Waals surface area contributed by atoms with Crippen LogP contribution in [-0.4, -0.2) is 106 Å². The van der Waals surface area contributed by atoms with Crippen LogP contribution in [0.2, 0.25) is 5.02 Å². The Morgan fingerprint density at radius 3 is 2.53 bits per heavy atom. The number of likely N-dealkylation sites (tertiary alicyclic amines) is 1. The van der Waals surface area contributed by atoms with Crippen LogP contribution in [0.1, 0.15) is 0 Å². The lowest BCUT2D eigenvalue weighted by molar-refractivity contribution is -0.135. The normalized spacial score (nSPS) is 17.3. The van der Waals surface area contributed by atoms with Gasteiger partial charge in [0.15, 0.2) is 0 Å². The molecule has 34 heavy (non-hydrogen) atoms. The van der Waals surface area contributed by atoms with Crippen LogP contribution in [0.15, 0.2) is 42.3 Å². The molecule has 2 N–H and O–H groups in total. The molecule has 2 aliphatic heterocycles. The number of hydrogen-bond donors (Lipinski definition) is 2. The maximum Gasteiger partial charge on any atom is 0.285 e. The van der Waals surface area contributed by atoms with Crippen LogP contribution in [0.3, 0.4) is 0 Å². The Morgan fingerprint density at radius 2 is 1.91 bits per heavy atom. The molecule has 3 heterocycles. The van der Waals surface area contributed by atoms with Crippen LogP contribution in [0.4, 0.5) is 5.69 Å². The van der Waals surface area contributed by atoms with Crippen LogP contribution < -0.4 is 5.32 Å². The van der Waals surface area contributed by atoms with Gasteiger partial charge in [-0.1, -0.05) is 18.2 Å². The van der Waals surface area contributed by atoms with Gasteiger partial charge in [-0.2, -0.15) is 8.42 Å². The minimum atomic E-state index is -4.12. The molecule has 2 aromatic rings. The molecule has 14 heteroatoms. The van der Waals surface area contributed by atoms with Gasteiger partial charge in [0.25, 0.3) is 10.0 Å². The van der Waals surface area contributed by atoms with E-state index < -0.39 is 10.0 Å². The third kappa shape index (κ3) is 4.72. The molecule has 12 nitrogen and oxygen atoms in total. The van der Waals surface area contributed by atoms with Gasteiger partial charge < -0.3 is 20.2 Å². The molecule has 2 saturated heterocycles. The van der Waals surface area contributed by atoms with E-state index in [9.17, 15) is 23.1 Å². The number of nitrogens with zero attached hydrogens (tertiary/aromatic N) is 6. The first kappa shape index (κ1) is 24.0. The highest BCUT2D eigenvalue weighted by atomic mass is 35.5. The van der Waals surface area contributed by atoms with Crippen molar-refractivity contribution < 1.29 is 23.1 Å². The molecule has 0 saturated carbocycles. The van der Waals surface area contributed by atoms with E-state index in [0.717, 1.165) is 24.8 Å². The fourth-order valence-corrected chi connectivity index (χ4v) is 5.49. The molecule has 1 aromatic carbocycles. The number of hydrogen-bond acceptors (Lipinski definition) is 9. The van der Waals surface area contributed by atoms with E-state index in [1.807, 2.05) is 0 Å². The topological polar surface area (TPSA) is 141 Å². The van der Waals surface area contributed by atoms with Gasteiger partial charge in [0.1, 0.15) is 23.3 Å². The van der Waals surface area contributed by atoms with Gasteiger partial charge in [0, 0.05) is 51.4 Å². The minimum Gasteiger partial charge on any atom is -0.506 e. The van der Waals surface area contributed by atoms with E-state index in [1.54, 1.807) is 9.80 Å². The third-order valence-electron chi connectivity index (χ3n) is 5.93. The number of amides is 2. The lowest BCUT2D eigenvalue weighted by Crippen LogP contribution is -2.64. The summed E-state index contributed by atoms with van der Waals surface area (Å²) in [6.45, 7) is 7.14. The summed E-state index contributed by atoms with van der Waals surface area (Å²) < 4.78 is 26.1. The van der Waals surface area contributed by atoms with E-state index >= 15 is 0 Å². The minimum absolute atomic E-state index is 0.0523. The number of piperazine rings is 1. The number of carbonyl (C=O) groups excluding carboxylic acids is 2. The average Bonchev–Trinajstić information content (AvgIpc) is 3.33. The maximum atomic E-state index is 12.7. The summed E-state index contributed by atoms with van der Waals surface area (Å²) in [5, 5.41) is 16.4. The summed E-state index contributed by atoms with van der Waals surface area (Å²) in [6, 6.07) is 2.54. The van der Waals surface area contributed by atoms with Crippen LogP contribution in [-0.2, 0) is 19.6 Å². The lowest BCUT2D eigenvalue weighted by Gasteiger charge is -2.47. The zero-order valence-electron chi connectivity index (χ0n) is 18.2. The number of anilines is 1. The van der Waals surface area contributed by atoms with Crippen molar-refractivity contribution in [2.75, 3.05) is 51.1 Å². The molecule has 0 radical (unpaired) electrons. The molecule has 2 fully saturated rings. The number of phenolic OH excluding ortho intramolecular Hbond substituents is 1. The van der Waals surface area contributed by atoms with E-state index in [-0.39, 0.29) is 45.8 Å². The standard InChI is InChI=1S/C20H24ClN7O5S/c1-2-19(30)27-10-14(11-27)25-3-5-26(6-4-25)20(31)9-23-16-8-18(15(21)7-17(16)29)34(32,33)28-13-22-12-24-28/h2,7-8,12-14,23,29H,1,3-6,9-11H2. The molecule has 1 aromatic heterocycles. The largest absolute Gasteiger partial charge is 0.506 e. The summed E-state index contributed by atoms with van der Waals surface area (Å²) in [4.78, 5) is 33.3. The smallest absolute Gasteiger partial charge is 0.285 e. The number of rotatable bonds is 7. The first-order chi connectivity index (χ1) is 16.2. The van der Waals surface area contributed by atoms with E-state index in [0.29, 0.717) is 43.4 Å². The van der Waals surface area contributed by atoms with Crippen molar-refractivity contribution in [1.29, 1.82) is 0 Å². The Balaban J connectivity index is 1.33. The van der Waals surface area contributed by atoms with Crippen molar-refractivity contribution in [3.8, 4) is 5.75 Å². The molecule has 0 bridgehead atoms. The van der Waals surface area contributed by atoms with Gasteiger partial charge in [-0.25, -0.2) is 4.98 Å². The molecular weight excluding hydrogens is 486 g/mol. The van der Waals surface area contributed by atoms with Gasteiger partial charge in [-0.15, -0.1) is 9.19 Å². The molecule has 2 aliphatic rings. The van der Waals surface area contributed by atoms with E-state index in [1.165, 1.54) is 6.08 Å². The first-order valence-electron chi connectivity index (χ1n) is 10.5. The molecule has 4 rings (SSSR count). The summed E-state index contributed by atoms with van der Waals surface area (Å²) in [7, 11) is -4.12. The van der Waals surface area contributed by atoms with Gasteiger partial charge in [-0.3, -0.25) is 14.5 Å². The molecule has 182 valence electrons. The van der Waals surface area contributed by atoms with Crippen molar-refractivity contribution in [1.82, 2.24) is 28.9 Å². The third-order valence-corrected chi connectivity index (χ3v) is 7.93. The Bertz CT molecular complexity index is 1190. The molecule has 0 unspecified atom stereocenters. The van der Waals surface area contributed by atoms with Crippen LogP contribution in [0, 0.1) is 0 Å². The number of nitrogens with one attached hydrogen (secondary N) is 1. The predicted octanol–water partition coefficient (Wildman–Crippen LogP) is -0.173. The summed E-state index contributed by atoms with van der Waals surface area (Å²) in [5.74, 6) is -0.547. The van der Waals surface area contributed by atoms with Crippen molar-refractivity contribution in [2.24, 2.45) is 0 Å². The summed E-state index contributed by atoms with van der Waals surface area (Å²) >= 11 is 6.04. The Hall–Kier alpha value is -3.16. The lowest BCUT2D eigenvalue weighted by atomic mass is 10.1. The highest BCUT2D eigenvalue weighted by molar-refractivity contribution is 7.90. The number of phenols is 1. The van der Waals surface area contributed by atoms with Crippen molar-refractivity contribution >= 4 is 39.1 Å². The second kappa shape index (κ2) is 9.60. The highest BCUT2D eigenvalue weighted by Crippen LogP contribution is 2.33. The van der Waals surface area contributed by atoms with Gasteiger partial charge in [-0.05, 0) is 12.1 Å². The number of benzene rings is 1. The fraction of sp³-hybridized carbons (Fsp3) is 0.400. The second-order valence-electron chi connectivity index (χ2n) is 7.94. The zero-order valence-corrected chi connectivity index (χ0v) is 19.7. The molecule has 0 atom stereocenters. The molecule has 0 spiro atoms. The van der Waals surface area contributed by atoms with Gasteiger partial charge in [0.2, 0.25) is 11.8 Å². The zero-order chi connectivity index (χ0) is 24.5. The average molecular weight is 510 g/mol. The Kier molecular flexibility index (Phi) is 6.77. The number of carbonyl (C=O) groups is 2. The maximum absolute atomic E-state index is 12.7. The number of aromatic hydroxyl groups is 1. The molecular formula is C20H24ClN7O5S. The fourth-order valence-electron chi connectivity index (χ4n) is 3.92. The number of halogens is 1. The van der Waals surface area contributed by atoms with Crippen LogP contribution >= 0.6 is 11.6 Å². The van der Waals surface area contributed by atoms with E-state index in [2.05, 4.69) is 26.9 Å². The van der Waals surface area contributed by atoms with E-state index in [4.69, 9.17) is 11.6 Å².